The van der Waals surface area contributed by atoms with Crippen molar-refractivity contribution in [1.29, 1.82) is 0 Å². The first-order valence-corrected chi connectivity index (χ1v) is 43.6. The van der Waals surface area contributed by atoms with Crippen molar-refractivity contribution in [1.82, 2.24) is 0 Å². The van der Waals surface area contributed by atoms with Crippen molar-refractivity contribution in [2.45, 2.75) is 77.0 Å². The maximum Gasteiger partial charge on any atom is 0.143 e. The maximum absolute atomic E-state index is 6.62. The first-order chi connectivity index (χ1) is 60.5. The fourth-order valence-corrected chi connectivity index (χ4v) is 21.7. The van der Waals surface area contributed by atoms with Crippen molar-refractivity contribution in [2.24, 2.45) is 0 Å². The zero-order valence-electron chi connectivity index (χ0n) is 70.7. The van der Waals surface area contributed by atoms with Crippen molar-refractivity contribution in [3.8, 4) is 122 Å². The van der Waals surface area contributed by atoms with Crippen LogP contribution in [0.3, 0.4) is 0 Å². The molecule has 0 saturated carbocycles. The molecule has 0 radical (unpaired) electrons. The Bertz CT molecular complexity index is 7840. The Balaban J connectivity index is 0.528. The number of nitrogens with zero attached hydrogens (tertiary/aromatic N) is 2. The smallest absolute Gasteiger partial charge is 0.143 e. The number of benzene rings is 18. The van der Waals surface area contributed by atoms with Gasteiger partial charge in [0.2, 0.25) is 0 Å². The van der Waals surface area contributed by atoms with E-state index in [0.29, 0.717) is 0 Å². The van der Waals surface area contributed by atoms with Crippen LogP contribution in [0.2, 0.25) is 0 Å². The third-order valence-electron chi connectivity index (χ3n) is 28.3. The summed E-state index contributed by atoms with van der Waals surface area (Å²) < 4.78 is 13.2. The highest BCUT2D eigenvalue weighted by molar-refractivity contribution is 6.11. The molecule has 20 aromatic rings. The number of anilines is 6. The second-order valence-corrected chi connectivity index (χ2v) is 36.6. The molecule has 0 amide bonds. The quantitative estimate of drug-likeness (QED) is 0.115. The number of fused-ring (bicyclic) bond motifs is 18. The zero-order chi connectivity index (χ0) is 83.2. The third-order valence-corrected chi connectivity index (χ3v) is 28.3. The van der Waals surface area contributed by atoms with E-state index in [1.165, 1.54) is 139 Å². The summed E-state index contributed by atoms with van der Waals surface area (Å²) in [5, 5.41) is 4.56. The van der Waals surface area contributed by atoms with Gasteiger partial charge in [0.1, 0.15) is 22.3 Å². The Morgan fingerprint density at radius 3 is 0.863 bits per heavy atom. The lowest BCUT2D eigenvalue weighted by Gasteiger charge is -2.30. The van der Waals surface area contributed by atoms with E-state index < -0.39 is 0 Å². The molecular formula is C120H88N2O2. The average molecular weight is 1590 g/mol. The topological polar surface area (TPSA) is 32.8 Å². The average Bonchev–Trinajstić information content (AvgIpc) is 1.57. The predicted molar refractivity (Wildman–Crippen MR) is 519 cm³/mol. The molecule has 4 nitrogen and oxygen atoms in total. The molecule has 0 spiro atoms. The van der Waals surface area contributed by atoms with Crippen LogP contribution >= 0.6 is 0 Å². The van der Waals surface area contributed by atoms with E-state index in [-0.39, 0.29) is 21.7 Å². The molecule has 4 aliphatic carbocycles. The Morgan fingerprint density at radius 2 is 0.419 bits per heavy atom. The van der Waals surface area contributed by atoms with Gasteiger partial charge in [0.05, 0.1) is 0 Å². The molecule has 4 aliphatic rings. The molecule has 4 heteroatoms. The molecule has 0 aliphatic heterocycles. The van der Waals surface area contributed by atoms with Gasteiger partial charge in [-0.3, -0.25) is 0 Å². The number of rotatable bonds is 13. The van der Waals surface area contributed by atoms with E-state index in [1.54, 1.807) is 0 Å². The maximum atomic E-state index is 6.62. The van der Waals surface area contributed by atoms with Crippen LogP contribution in [-0.4, -0.2) is 0 Å². The monoisotopic (exact) mass is 1590 g/mol. The van der Waals surface area contributed by atoms with E-state index in [9.17, 15) is 0 Å². The highest BCUT2D eigenvalue weighted by atomic mass is 16.3. The summed E-state index contributed by atoms with van der Waals surface area (Å²) in [6.07, 6.45) is 0. The summed E-state index contributed by atoms with van der Waals surface area (Å²) in [6, 6.07) is 145. The van der Waals surface area contributed by atoms with Gasteiger partial charge in [-0.1, -0.05) is 334 Å². The summed E-state index contributed by atoms with van der Waals surface area (Å²) in [7, 11) is 0. The summed E-state index contributed by atoms with van der Waals surface area (Å²) in [4.78, 5) is 4.96. The molecule has 0 N–H and O–H groups in total. The minimum Gasteiger partial charge on any atom is -0.455 e. The lowest BCUT2D eigenvalue weighted by molar-refractivity contribution is 0.659. The van der Waals surface area contributed by atoms with E-state index in [4.69, 9.17) is 8.83 Å². The lowest BCUT2D eigenvalue weighted by Crippen LogP contribution is -2.18. The molecule has 24 rings (SSSR count). The standard InChI is InChI=1S/C120H88N2O2/c1-117(2)105-36-17-14-29-93(105)97-61-54-85(69-109(97)117)121(86-56-63-99-95-59-48-81(67-107(95)119(5,6)111(99)71-86)91-32-21-34-103-101-30-15-18-37-113(101)123-115(91)103)83-50-43-74(44-51-83)73-39-41-75(42-40-73)78-25-20-26-79(65-78)80-47-58-94-98-62-55-87(70-110(98)118(3,4)106(94)66-80)122(84-52-45-77(46-53-84)90-28-13-12-27-89(90)76-23-10-9-11-24-76)88-57-64-100-96-60-49-82(68-108(96)120(7,8)112(100)72-88)92-33-22-35-104-102-31-16-19-38-114(102)124-116(92)104/h9-72H,1-8H3. The third kappa shape index (κ3) is 11.2. The van der Waals surface area contributed by atoms with Crippen molar-refractivity contribution < 1.29 is 8.83 Å². The van der Waals surface area contributed by atoms with Crippen molar-refractivity contribution in [3.63, 3.8) is 0 Å². The summed E-state index contributed by atoms with van der Waals surface area (Å²) >= 11 is 0. The predicted octanol–water partition coefficient (Wildman–Crippen LogP) is 33.3. The second-order valence-electron chi connectivity index (χ2n) is 36.6. The highest BCUT2D eigenvalue weighted by Crippen LogP contribution is 2.58. The molecule has 2 heterocycles. The molecule has 0 bridgehead atoms. The molecular weight excluding hydrogens is 1500 g/mol. The molecule has 124 heavy (non-hydrogen) atoms. The van der Waals surface area contributed by atoms with Gasteiger partial charge in [-0.05, 0) is 265 Å². The van der Waals surface area contributed by atoms with Crippen molar-refractivity contribution in [2.75, 3.05) is 9.80 Å². The van der Waals surface area contributed by atoms with Crippen LogP contribution in [0, 0.1) is 0 Å². The molecule has 590 valence electrons. The Hall–Kier alpha value is -14.8. The van der Waals surface area contributed by atoms with Gasteiger partial charge in [-0.25, -0.2) is 0 Å². The first kappa shape index (κ1) is 73.1. The summed E-state index contributed by atoms with van der Waals surface area (Å²) in [5.41, 5.74) is 46.6. The normalized spacial score (nSPS) is 14.2. The summed E-state index contributed by atoms with van der Waals surface area (Å²) in [5.74, 6) is 0. The van der Waals surface area contributed by atoms with Gasteiger partial charge >= 0.3 is 0 Å². The lowest BCUT2D eigenvalue weighted by atomic mass is 9.81. The van der Waals surface area contributed by atoms with E-state index >= 15 is 0 Å². The van der Waals surface area contributed by atoms with E-state index in [2.05, 4.69) is 441 Å². The fraction of sp³-hybridized carbons (Fsp3) is 0.100. The minimum atomic E-state index is -0.317. The zero-order valence-corrected chi connectivity index (χ0v) is 70.7. The van der Waals surface area contributed by atoms with Crippen LogP contribution in [0.5, 0.6) is 0 Å². The molecule has 2 aromatic heterocycles. The second kappa shape index (κ2) is 27.3. The van der Waals surface area contributed by atoms with Gasteiger partial charge in [-0.2, -0.15) is 0 Å². The van der Waals surface area contributed by atoms with E-state index in [1.807, 2.05) is 12.1 Å². The Kier molecular flexibility index (Phi) is 16.1. The highest BCUT2D eigenvalue weighted by Gasteiger charge is 2.42. The number of hydrogen-bond donors (Lipinski definition) is 0. The van der Waals surface area contributed by atoms with Crippen LogP contribution in [0.25, 0.3) is 166 Å². The Morgan fingerprint density at radius 1 is 0.161 bits per heavy atom. The van der Waals surface area contributed by atoms with Gasteiger partial charge in [0.25, 0.3) is 0 Å². The van der Waals surface area contributed by atoms with Crippen LogP contribution in [0.1, 0.15) is 99.9 Å². The van der Waals surface area contributed by atoms with Gasteiger partial charge in [0, 0.05) is 88.5 Å². The molecule has 18 aromatic carbocycles. The molecule has 0 fully saturated rings. The minimum absolute atomic E-state index is 0.169. The summed E-state index contributed by atoms with van der Waals surface area (Å²) in [6.45, 7) is 19.2. The van der Waals surface area contributed by atoms with Crippen LogP contribution in [0.15, 0.2) is 397 Å². The van der Waals surface area contributed by atoms with Gasteiger partial charge in [0.15, 0.2) is 0 Å². The number of furan rings is 2. The molecule has 0 unspecified atom stereocenters. The SMILES string of the molecule is CC1(C)c2ccccc2-c2ccc(N(c3ccc(-c4ccc(-c5cccc(-c6ccc7c(c6)C(C)(C)c6cc(N(c8ccc(-c9ccccc9-c9ccccc9)cc8)c8ccc9c(c8)C(C)(C)c8cc(-c%10cccc%11c%10oc%10ccccc%10%11)ccc8-9)ccc6-7)c5)cc4)cc3)c3ccc4c(c3)C(C)(C)c3cc(-c5cccc6c5oc5ccccc56)ccc3-4)cc21. The van der Waals surface area contributed by atoms with E-state index in [0.717, 1.165) is 106 Å². The van der Waals surface area contributed by atoms with Crippen LogP contribution in [0.4, 0.5) is 34.1 Å². The fourth-order valence-electron chi connectivity index (χ4n) is 21.7. The van der Waals surface area contributed by atoms with Crippen LogP contribution < -0.4 is 9.80 Å². The van der Waals surface area contributed by atoms with Crippen LogP contribution in [-0.2, 0) is 21.7 Å². The largest absolute Gasteiger partial charge is 0.455 e. The first-order valence-electron chi connectivity index (χ1n) is 43.6. The van der Waals surface area contributed by atoms with Gasteiger partial charge in [-0.15, -0.1) is 0 Å². The molecule has 0 saturated heterocycles. The Labute approximate surface area is 723 Å². The number of para-hydroxylation sites is 4. The van der Waals surface area contributed by atoms with Gasteiger partial charge < -0.3 is 18.6 Å². The van der Waals surface area contributed by atoms with Crippen molar-refractivity contribution in [3.05, 3.63) is 433 Å². The molecule has 0 atom stereocenters. The van der Waals surface area contributed by atoms with Crippen molar-refractivity contribution >= 4 is 78.0 Å². The number of hydrogen-bond acceptors (Lipinski definition) is 4.